The SMILES string of the molecule is Cc1ccc(Br)cc1NC1CCCC(C(C)C)CC1. The number of aryl methyl sites for hydroxylation is 1. The highest BCUT2D eigenvalue weighted by molar-refractivity contribution is 9.10. The van der Waals surface area contributed by atoms with Gasteiger partial charge in [-0.05, 0) is 55.7 Å². The van der Waals surface area contributed by atoms with Crippen LogP contribution < -0.4 is 5.32 Å². The van der Waals surface area contributed by atoms with Crippen LogP contribution >= 0.6 is 15.9 Å². The van der Waals surface area contributed by atoms with Gasteiger partial charge in [-0.15, -0.1) is 0 Å². The molecule has 0 spiro atoms. The lowest BCUT2D eigenvalue weighted by Crippen LogP contribution is -2.19. The normalized spacial score (nSPS) is 24.3. The van der Waals surface area contributed by atoms with Crippen LogP contribution in [-0.4, -0.2) is 6.04 Å². The first-order chi connectivity index (χ1) is 9.06. The van der Waals surface area contributed by atoms with Crippen molar-refractivity contribution in [2.45, 2.75) is 58.9 Å². The fourth-order valence-corrected chi connectivity index (χ4v) is 3.47. The van der Waals surface area contributed by atoms with Crippen LogP contribution in [0.4, 0.5) is 5.69 Å². The molecule has 19 heavy (non-hydrogen) atoms. The van der Waals surface area contributed by atoms with Crippen molar-refractivity contribution in [1.29, 1.82) is 0 Å². The van der Waals surface area contributed by atoms with E-state index in [1.807, 2.05) is 0 Å². The second-order valence-electron chi connectivity index (χ2n) is 6.31. The highest BCUT2D eigenvalue weighted by Crippen LogP contribution is 2.31. The summed E-state index contributed by atoms with van der Waals surface area (Å²) in [4.78, 5) is 0. The first-order valence-corrected chi connectivity index (χ1v) is 8.38. The maximum Gasteiger partial charge on any atom is 0.0383 e. The minimum absolute atomic E-state index is 0.650. The molecule has 1 N–H and O–H groups in total. The largest absolute Gasteiger partial charge is 0.382 e. The standard InChI is InChI=1S/C17H26BrN/c1-12(2)14-5-4-6-16(10-8-14)19-17-11-15(18)9-7-13(17)3/h7,9,11-12,14,16,19H,4-6,8,10H2,1-3H3. The van der Waals surface area contributed by atoms with Crippen molar-refractivity contribution >= 4 is 21.6 Å². The topological polar surface area (TPSA) is 12.0 Å². The number of anilines is 1. The van der Waals surface area contributed by atoms with Gasteiger partial charge in [-0.2, -0.15) is 0 Å². The van der Waals surface area contributed by atoms with Gasteiger partial charge in [-0.3, -0.25) is 0 Å². The molecule has 1 nitrogen and oxygen atoms in total. The molecule has 0 amide bonds. The van der Waals surface area contributed by atoms with Crippen molar-refractivity contribution < 1.29 is 0 Å². The van der Waals surface area contributed by atoms with Crippen molar-refractivity contribution in [2.24, 2.45) is 11.8 Å². The van der Waals surface area contributed by atoms with Gasteiger partial charge < -0.3 is 5.32 Å². The Morgan fingerprint density at radius 2 is 1.95 bits per heavy atom. The molecule has 1 aliphatic rings. The third-order valence-electron chi connectivity index (χ3n) is 4.52. The van der Waals surface area contributed by atoms with Crippen molar-refractivity contribution in [3.05, 3.63) is 28.2 Å². The van der Waals surface area contributed by atoms with Crippen molar-refractivity contribution in [1.82, 2.24) is 0 Å². The Labute approximate surface area is 126 Å². The van der Waals surface area contributed by atoms with Crippen molar-refractivity contribution in [3.8, 4) is 0 Å². The summed E-state index contributed by atoms with van der Waals surface area (Å²) in [5, 5.41) is 3.76. The number of hydrogen-bond donors (Lipinski definition) is 1. The van der Waals surface area contributed by atoms with Crippen molar-refractivity contribution in [3.63, 3.8) is 0 Å². The van der Waals surface area contributed by atoms with E-state index in [-0.39, 0.29) is 0 Å². The van der Waals surface area contributed by atoms with Crippen molar-refractivity contribution in [2.75, 3.05) is 5.32 Å². The minimum atomic E-state index is 0.650. The second kappa shape index (κ2) is 6.78. The highest BCUT2D eigenvalue weighted by Gasteiger charge is 2.21. The summed E-state index contributed by atoms with van der Waals surface area (Å²) < 4.78 is 1.16. The van der Waals surface area contributed by atoms with Gasteiger partial charge in [0, 0.05) is 16.2 Å². The summed E-state index contributed by atoms with van der Waals surface area (Å²) in [7, 11) is 0. The molecule has 106 valence electrons. The van der Waals surface area contributed by atoms with Gasteiger partial charge in [0.05, 0.1) is 0 Å². The summed E-state index contributed by atoms with van der Waals surface area (Å²) in [6.07, 6.45) is 6.78. The van der Waals surface area contributed by atoms with Crippen LogP contribution in [0.25, 0.3) is 0 Å². The first-order valence-electron chi connectivity index (χ1n) is 7.59. The Kier molecular flexibility index (Phi) is 5.32. The summed E-state index contributed by atoms with van der Waals surface area (Å²) in [6, 6.07) is 7.15. The Bertz CT molecular complexity index is 414. The lowest BCUT2D eigenvalue weighted by atomic mass is 9.89. The third kappa shape index (κ3) is 4.24. The average Bonchev–Trinajstić information content (AvgIpc) is 2.59. The first kappa shape index (κ1) is 14.9. The molecule has 1 fully saturated rings. The van der Waals surface area contributed by atoms with Crippen LogP contribution in [0.1, 0.15) is 51.5 Å². The van der Waals surface area contributed by atoms with E-state index in [0.29, 0.717) is 6.04 Å². The van der Waals surface area contributed by atoms with Crippen LogP contribution in [0.15, 0.2) is 22.7 Å². The summed E-state index contributed by atoms with van der Waals surface area (Å²) >= 11 is 3.57. The molecule has 0 aliphatic heterocycles. The van der Waals surface area contributed by atoms with E-state index in [9.17, 15) is 0 Å². The lowest BCUT2D eigenvalue weighted by molar-refractivity contribution is 0.341. The maximum absolute atomic E-state index is 3.76. The molecular weight excluding hydrogens is 298 g/mol. The molecular formula is C17H26BrN. The predicted molar refractivity (Wildman–Crippen MR) is 87.7 cm³/mol. The van der Waals surface area contributed by atoms with E-state index in [0.717, 1.165) is 16.3 Å². The molecule has 0 aromatic heterocycles. The zero-order chi connectivity index (χ0) is 13.8. The van der Waals surface area contributed by atoms with Gasteiger partial charge in [0.2, 0.25) is 0 Å². The number of hydrogen-bond acceptors (Lipinski definition) is 1. The molecule has 1 aliphatic carbocycles. The zero-order valence-corrected chi connectivity index (χ0v) is 14.0. The number of benzene rings is 1. The highest BCUT2D eigenvalue weighted by atomic mass is 79.9. The van der Waals surface area contributed by atoms with Crippen LogP contribution in [0.2, 0.25) is 0 Å². The second-order valence-corrected chi connectivity index (χ2v) is 7.23. The van der Waals surface area contributed by atoms with E-state index >= 15 is 0 Å². The number of rotatable bonds is 3. The Morgan fingerprint density at radius 3 is 2.68 bits per heavy atom. The van der Waals surface area contributed by atoms with Gasteiger partial charge in [-0.1, -0.05) is 48.7 Å². The number of nitrogens with one attached hydrogen (secondary N) is 1. The van der Waals surface area contributed by atoms with E-state index in [1.165, 1.54) is 43.4 Å². The van der Waals surface area contributed by atoms with E-state index < -0.39 is 0 Å². The molecule has 0 radical (unpaired) electrons. The fourth-order valence-electron chi connectivity index (χ4n) is 3.11. The Hall–Kier alpha value is -0.500. The zero-order valence-electron chi connectivity index (χ0n) is 12.4. The van der Waals surface area contributed by atoms with Gasteiger partial charge in [0.15, 0.2) is 0 Å². The minimum Gasteiger partial charge on any atom is -0.382 e. The molecule has 0 heterocycles. The quantitative estimate of drug-likeness (QED) is 0.696. The maximum atomic E-state index is 3.76. The average molecular weight is 324 g/mol. The third-order valence-corrected chi connectivity index (χ3v) is 5.01. The smallest absolute Gasteiger partial charge is 0.0383 e. The van der Waals surface area contributed by atoms with E-state index in [4.69, 9.17) is 0 Å². The molecule has 2 unspecified atom stereocenters. The number of halogens is 1. The molecule has 2 atom stereocenters. The van der Waals surface area contributed by atoms with E-state index in [2.05, 4.69) is 60.2 Å². The molecule has 0 bridgehead atoms. The van der Waals surface area contributed by atoms with Crippen LogP contribution in [0.5, 0.6) is 0 Å². The molecule has 2 heteroatoms. The van der Waals surface area contributed by atoms with Gasteiger partial charge in [0.25, 0.3) is 0 Å². The monoisotopic (exact) mass is 323 g/mol. The van der Waals surface area contributed by atoms with Gasteiger partial charge in [-0.25, -0.2) is 0 Å². The summed E-state index contributed by atoms with van der Waals surface area (Å²) in [5.41, 5.74) is 2.63. The Morgan fingerprint density at radius 1 is 1.16 bits per heavy atom. The summed E-state index contributed by atoms with van der Waals surface area (Å²) in [5.74, 6) is 1.77. The van der Waals surface area contributed by atoms with E-state index in [1.54, 1.807) is 0 Å². The van der Waals surface area contributed by atoms with Gasteiger partial charge in [0.1, 0.15) is 0 Å². The van der Waals surface area contributed by atoms with Crippen LogP contribution in [-0.2, 0) is 0 Å². The molecule has 1 aromatic rings. The fraction of sp³-hybridized carbons (Fsp3) is 0.647. The van der Waals surface area contributed by atoms with Gasteiger partial charge >= 0.3 is 0 Å². The summed E-state index contributed by atoms with van der Waals surface area (Å²) in [6.45, 7) is 6.93. The molecule has 2 rings (SSSR count). The Balaban J connectivity index is 1.98. The predicted octanol–water partition coefficient (Wildman–Crippen LogP) is 5.77. The van der Waals surface area contributed by atoms with Crippen LogP contribution in [0.3, 0.4) is 0 Å². The molecule has 1 saturated carbocycles. The van der Waals surface area contributed by atoms with Crippen LogP contribution in [0, 0.1) is 18.8 Å². The lowest BCUT2D eigenvalue weighted by Gasteiger charge is -2.21. The molecule has 1 aromatic carbocycles. The molecule has 0 saturated heterocycles.